The summed E-state index contributed by atoms with van der Waals surface area (Å²) in [4.78, 5) is 6.67. The van der Waals surface area contributed by atoms with Gasteiger partial charge in [-0.25, -0.2) is 0 Å². The van der Waals surface area contributed by atoms with Gasteiger partial charge in [0.1, 0.15) is 0 Å². The van der Waals surface area contributed by atoms with Gasteiger partial charge in [0.15, 0.2) is 0 Å². The van der Waals surface area contributed by atoms with E-state index in [0.717, 1.165) is 25.3 Å². The molecule has 0 unspecified atom stereocenters. The number of aromatic nitrogens is 1. The molecule has 0 aromatic carbocycles. The van der Waals surface area contributed by atoms with Crippen LogP contribution in [0.25, 0.3) is 0 Å². The van der Waals surface area contributed by atoms with Crippen LogP contribution in [0.4, 0.5) is 0 Å². The predicted molar refractivity (Wildman–Crippen MR) is 65.8 cm³/mol. The van der Waals surface area contributed by atoms with Crippen molar-refractivity contribution in [2.24, 2.45) is 5.73 Å². The summed E-state index contributed by atoms with van der Waals surface area (Å²) in [6.45, 7) is 5.95. The van der Waals surface area contributed by atoms with E-state index in [-0.39, 0.29) is 0 Å². The molecule has 0 saturated carbocycles. The Morgan fingerprint density at radius 2 is 2.38 bits per heavy atom. The number of nitrogens with zero attached hydrogens (tertiary/aromatic N) is 2. The van der Waals surface area contributed by atoms with Crippen molar-refractivity contribution >= 4 is 0 Å². The second-order valence-electron chi connectivity index (χ2n) is 4.41. The maximum atomic E-state index is 5.59. The first-order chi connectivity index (χ1) is 7.78. The Bertz CT molecular complexity index is 385. The highest BCUT2D eigenvalue weighted by atomic mass is 15.1. The van der Waals surface area contributed by atoms with Gasteiger partial charge >= 0.3 is 0 Å². The summed E-state index contributed by atoms with van der Waals surface area (Å²) in [6, 6.07) is 4.18. The Labute approximate surface area is 97.0 Å². The van der Waals surface area contributed by atoms with Gasteiger partial charge in [0.2, 0.25) is 0 Å². The van der Waals surface area contributed by atoms with E-state index < -0.39 is 0 Å². The molecule has 1 aromatic heterocycles. The molecule has 2 N–H and O–H groups in total. The van der Waals surface area contributed by atoms with Crippen molar-refractivity contribution < 1.29 is 0 Å². The topological polar surface area (TPSA) is 42.2 Å². The second kappa shape index (κ2) is 5.23. The molecule has 0 fully saturated rings. The van der Waals surface area contributed by atoms with E-state index in [9.17, 15) is 0 Å². The predicted octanol–water partition coefficient (Wildman–Crippen LogP) is 1.69. The molecule has 0 spiro atoms. The second-order valence-corrected chi connectivity index (χ2v) is 4.41. The lowest BCUT2D eigenvalue weighted by Gasteiger charge is -2.25. The van der Waals surface area contributed by atoms with Gasteiger partial charge in [-0.3, -0.25) is 9.88 Å². The number of hydrogen-bond acceptors (Lipinski definition) is 3. The molecule has 0 aliphatic carbocycles. The Morgan fingerprint density at radius 1 is 1.50 bits per heavy atom. The summed E-state index contributed by atoms with van der Waals surface area (Å²) in [7, 11) is 0. The summed E-state index contributed by atoms with van der Waals surface area (Å²) >= 11 is 0. The largest absolute Gasteiger partial charge is 0.325 e. The van der Waals surface area contributed by atoms with Crippen LogP contribution in [0.15, 0.2) is 30.0 Å². The van der Waals surface area contributed by atoms with Gasteiger partial charge in [0.25, 0.3) is 0 Å². The lowest BCUT2D eigenvalue weighted by Crippen LogP contribution is -2.28. The summed E-state index contributed by atoms with van der Waals surface area (Å²) in [5, 5.41) is 0. The highest BCUT2D eigenvalue weighted by Crippen LogP contribution is 2.13. The minimum absolute atomic E-state index is 0.521. The van der Waals surface area contributed by atoms with Gasteiger partial charge in [-0.2, -0.15) is 0 Å². The smallest absolute Gasteiger partial charge is 0.0542 e. The first-order valence-electron chi connectivity index (χ1n) is 5.80. The minimum Gasteiger partial charge on any atom is -0.325 e. The summed E-state index contributed by atoms with van der Waals surface area (Å²) in [6.07, 6.45) is 5.35. The molecule has 86 valence electrons. The molecule has 3 nitrogen and oxygen atoms in total. The zero-order chi connectivity index (χ0) is 11.4. The van der Waals surface area contributed by atoms with Gasteiger partial charge < -0.3 is 5.73 Å². The van der Waals surface area contributed by atoms with Crippen LogP contribution in [0.2, 0.25) is 0 Å². The van der Waals surface area contributed by atoms with Crippen molar-refractivity contribution in [2.75, 3.05) is 13.1 Å². The normalized spacial score (nSPS) is 17.2. The number of nitrogens with two attached hydrogens (primary N) is 1. The maximum absolute atomic E-state index is 5.59. The third-order valence-electron chi connectivity index (χ3n) is 2.91. The van der Waals surface area contributed by atoms with Crippen LogP contribution in [0.3, 0.4) is 0 Å². The fraction of sp³-hybridized carbons (Fsp3) is 0.462. The molecular weight excluding hydrogens is 198 g/mol. The summed E-state index contributed by atoms with van der Waals surface area (Å²) < 4.78 is 0. The fourth-order valence-electron chi connectivity index (χ4n) is 2.12. The molecule has 0 amide bonds. The molecule has 16 heavy (non-hydrogen) atoms. The van der Waals surface area contributed by atoms with Crippen molar-refractivity contribution in [3.63, 3.8) is 0 Å². The van der Waals surface area contributed by atoms with Crippen LogP contribution in [0, 0.1) is 0 Å². The Morgan fingerprint density at radius 3 is 3.12 bits per heavy atom. The van der Waals surface area contributed by atoms with Crippen LogP contribution >= 0.6 is 0 Å². The molecule has 1 aliphatic rings. The molecule has 2 heterocycles. The average molecular weight is 217 g/mol. The van der Waals surface area contributed by atoms with Crippen molar-refractivity contribution in [3.05, 3.63) is 41.2 Å². The molecule has 1 aromatic rings. The highest BCUT2D eigenvalue weighted by molar-refractivity contribution is 5.17. The van der Waals surface area contributed by atoms with Crippen molar-refractivity contribution in [1.82, 2.24) is 9.88 Å². The first-order valence-corrected chi connectivity index (χ1v) is 5.80. The maximum Gasteiger partial charge on any atom is 0.0542 e. The quantitative estimate of drug-likeness (QED) is 0.783. The molecule has 0 atom stereocenters. The summed E-state index contributed by atoms with van der Waals surface area (Å²) in [5.74, 6) is 0. The van der Waals surface area contributed by atoms with E-state index in [0.29, 0.717) is 6.54 Å². The number of rotatable bonds is 3. The van der Waals surface area contributed by atoms with Crippen molar-refractivity contribution in [3.8, 4) is 0 Å². The third-order valence-corrected chi connectivity index (χ3v) is 2.91. The zero-order valence-electron chi connectivity index (χ0n) is 9.82. The minimum atomic E-state index is 0.521. The molecular formula is C13H19N3. The Kier molecular flexibility index (Phi) is 3.70. The molecule has 1 aliphatic heterocycles. The fourth-order valence-corrected chi connectivity index (χ4v) is 2.12. The van der Waals surface area contributed by atoms with Gasteiger partial charge in [0, 0.05) is 32.4 Å². The lowest BCUT2D eigenvalue weighted by atomic mass is 10.1. The standard InChI is InChI=1S/C13H19N3/c1-11-3-2-6-16(9-11)10-12-4-5-15-13(7-12)8-14/h3-5,7H,2,6,8-10,14H2,1H3. The van der Waals surface area contributed by atoms with Gasteiger partial charge in [0.05, 0.1) is 5.69 Å². The van der Waals surface area contributed by atoms with Gasteiger partial charge in [-0.1, -0.05) is 11.6 Å². The van der Waals surface area contributed by atoms with Crippen molar-refractivity contribution in [2.45, 2.75) is 26.4 Å². The van der Waals surface area contributed by atoms with Crippen LogP contribution < -0.4 is 5.73 Å². The van der Waals surface area contributed by atoms with E-state index >= 15 is 0 Å². The van der Waals surface area contributed by atoms with Crippen LogP contribution in [-0.4, -0.2) is 23.0 Å². The Balaban J connectivity index is 2.00. The monoisotopic (exact) mass is 217 g/mol. The molecule has 0 saturated heterocycles. The van der Waals surface area contributed by atoms with Crippen LogP contribution in [0.1, 0.15) is 24.6 Å². The third kappa shape index (κ3) is 2.90. The molecule has 0 radical (unpaired) electrons. The van der Waals surface area contributed by atoms with E-state index in [1.54, 1.807) is 0 Å². The van der Waals surface area contributed by atoms with Crippen molar-refractivity contribution in [1.29, 1.82) is 0 Å². The zero-order valence-corrected chi connectivity index (χ0v) is 9.82. The Hall–Kier alpha value is -1.19. The molecule has 3 heteroatoms. The van der Waals surface area contributed by atoms with E-state index in [2.05, 4.69) is 35.0 Å². The number of hydrogen-bond donors (Lipinski definition) is 1. The van der Waals surface area contributed by atoms with Gasteiger partial charge in [-0.05, 0) is 31.0 Å². The SMILES string of the molecule is CC1=CCCN(Cc2ccnc(CN)c2)C1. The molecule has 2 rings (SSSR count). The van der Waals surface area contributed by atoms with Crippen LogP contribution in [0.5, 0.6) is 0 Å². The lowest BCUT2D eigenvalue weighted by molar-refractivity contribution is 0.282. The number of pyridine rings is 1. The average Bonchev–Trinajstić information content (AvgIpc) is 2.29. The van der Waals surface area contributed by atoms with E-state index in [4.69, 9.17) is 5.73 Å². The summed E-state index contributed by atoms with van der Waals surface area (Å²) in [5.41, 5.74) is 9.34. The van der Waals surface area contributed by atoms with Crippen LogP contribution in [-0.2, 0) is 13.1 Å². The highest BCUT2D eigenvalue weighted by Gasteiger charge is 2.10. The van der Waals surface area contributed by atoms with E-state index in [1.807, 2.05) is 6.20 Å². The molecule has 0 bridgehead atoms. The first kappa shape index (κ1) is 11.3. The van der Waals surface area contributed by atoms with Gasteiger partial charge in [-0.15, -0.1) is 0 Å². The van der Waals surface area contributed by atoms with E-state index in [1.165, 1.54) is 17.6 Å².